The average Bonchev–Trinajstić information content (AvgIpc) is 2.61. The van der Waals surface area contributed by atoms with E-state index in [9.17, 15) is 0 Å². The molecule has 17 heavy (non-hydrogen) atoms. The molecule has 0 aromatic carbocycles. The summed E-state index contributed by atoms with van der Waals surface area (Å²) in [6, 6.07) is 0. The highest BCUT2D eigenvalue weighted by Gasteiger charge is 2.07. The van der Waals surface area contributed by atoms with Crippen molar-refractivity contribution < 1.29 is 0 Å². The Balaban J connectivity index is 2.15. The van der Waals surface area contributed by atoms with Crippen molar-refractivity contribution in [2.24, 2.45) is 0 Å². The highest BCUT2D eigenvalue weighted by Crippen LogP contribution is 2.14. The van der Waals surface area contributed by atoms with Crippen LogP contribution >= 0.6 is 0 Å². The van der Waals surface area contributed by atoms with Gasteiger partial charge in [-0.1, -0.05) is 0 Å². The second kappa shape index (κ2) is 4.53. The van der Waals surface area contributed by atoms with Gasteiger partial charge >= 0.3 is 0 Å². The summed E-state index contributed by atoms with van der Waals surface area (Å²) in [4.78, 5) is 8.70. The van der Waals surface area contributed by atoms with E-state index in [0.29, 0.717) is 6.54 Å². The SMILES string of the molecule is Cc1cnc(C)c(NCc2c(C)n[nH]c2C)n1. The summed E-state index contributed by atoms with van der Waals surface area (Å²) in [6.45, 7) is 8.62. The van der Waals surface area contributed by atoms with Gasteiger partial charge in [0.25, 0.3) is 0 Å². The number of rotatable bonds is 3. The van der Waals surface area contributed by atoms with Gasteiger partial charge < -0.3 is 5.32 Å². The first-order valence-corrected chi connectivity index (χ1v) is 5.62. The van der Waals surface area contributed by atoms with Crippen LogP contribution in [0.1, 0.15) is 28.3 Å². The number of H-pyrrole nitrogens is 1. The number of aromatic nitrogens is 4. The second-order valence-electron chi connectivity index (χ2n) is 4.21. The summed E-state index contributed by atoms with van der Waals surface area (Å²) in [5, 5.41) is 10.4. The summed E-state index contributed by atoms with van der Waals surface area (Å²) in [7, 11) is 0. The minimum absolute atomic E-state index is 0.715. The van der Waals surface area contributed by atoms with E-state index in [2.05, 4.69) is 25.5 Å². The van der Waals surface area contributed by atoms with Crippen LogP contribution in [0.3, 0.4) is 0 Å². The molecule has 0 fully saturated rings. The lowest BCUT2D eigenvalue weighted by Crippen LogP contribution is -2.06. The van der Waals surface area contributed by atoms with Crippen LogP contribution in [0.5, 0.6) is 0 Å². The predicted molar refractivity (Wildman–Crippen MR) is 66.9 cm³/mol. The van der Waals surface area contributed by atoms with Gasteiger partial charge in [0.15, 0.2) is 0 Å². The van der Waals surface area contributed by atoms with Gasteiger partial charge in [0.05, 0.1) is 17.1 Å². The van der Waals surface area contributed by atoms with Gasteiger partial charge in [0, 0.05) is 24.0 Å². The van der Waals surface area contributed by atoms with E-state index in [1.54, 1.807) is 6.20 Å². The first-order valence-electron chi connectivity index (χ1n) is 5.62. The first kappa shape index (κ1) is 11.6. The van der Waals surface area contributed by atoms with Crippen LogP contribution in [0.2, 0.25) is 0 Å². The molecule has 2 rings (SSSR count). The normalized spacial score (nSPS) is 10.6. The van der Waals surface area contributed by atoms with Gasteiger partial charge in [-0.2, -0.15) is 5.10 Å². The van der Waals surface area contributed by atoms with Crippen LogP contribution in [-0.4, -0.2) is 20.2 Å². The van der Waals surface area contributed by atoms with Crippen molar-refractivity contribution in [1.29, 1.82) is 0 Å². The van der Waals surface area contributed by atoms with Crippen LogP contribution in [0, 0.1) is 27.7 Å². The minimum atomic E-state index is 0.715. The highest BCUT2D eigenvalue weighted by molar-refractivity contribution is 5.41. The Morgan fingerprint density at radius 1 is 1.18 bits per heavy atom. The maximum absolute atomic E-state index is 4.43. The fourth-order valence-corrected chi connectivity index (χ4v) is 1.71. The number of anilines is 1. The number of hydrogen-bond acceptors (Lipinski definition) is 4. The van der Waals surface area contributed by atoms with Crippen LogP contribution in [-0.2, 0) is 6.54 Å². The smallest absolute Gasteiger partial charge is 0.148 e. The molecule has 5 heteroatoms. The monoisotopic (exact) mass is 231 g/mol. The Hall–Kier alpha value is -1.91. The molecular weight excluding hydrogens is 214 g/mol. The van der Waals surface area contributed by atoms with Crippen LogP contribution in [0.15, 0.2) is 6.20 Å². The summed E-state index contributed by atoms with van der Waals surface area (Å²) < 4.78 is 0. The van der Waals surface area contributed by atoms with Crippen molar-refractivity contribution >= 4 is 5.82 Å². The zero-order valence-electron chi connectivity index (χ0n) is 10.6. The topological polar surface area (TPSA) is 66.5 Å². The van der Waals surface area contributed by atoms with Gasteiger partial charge in [0.2, 0.25) is 0 Å². The molecule has 0 amide bonds. The maximum Gasteiger partial charge on any atom is 0.148 e. The van der Waals surface area contributed by atoms with Crippen molar-refractivity contribution in [3.8, 4) is 0 Å². The second-order valence-corrected chi connectivity index (χ2v) is 4.21. The molecule has 2 aromatic heterocycles. The Morgan fingerprint density at radius 2 is 1.94 bits per heavy atom. The van der Waals surface area contributed by atoms with E-state index in [1.807, 2.05) is 27.7 Å². The van der Waals surface area contributed by atoms with E-state index in [-0.39, 0.29) is 0 Å². The molecule has 0 unspecified atom stereocenters. The molecular formula is C12H17N5. The molecule has 0 saturated heterocycles. The van der Waals surface area contributed by atoms with Gasteiger partial charge in [-0.15, -0.1) is 0 Å². The Morgan fingerprint density at radius 3 is 2.59 bits per heavy atom. The lowest BCUT2D eigenvalue weighted by molar-refractivity contribution is 1.01. The molecule has 0 radical (unpaired) electrons. The van der Waals surface area contributed by atoms with Crippen molar-refractivity contribution in [1.82, 2.24) is 20.2 Å². The van der Waals surface area contributed by atoms with E-state index < -0.39 is 0 Å². The van der Waals surface area contributed by atoms with E-state index in [0.717, 1.165) is 28.6 Å². The standard InChI is InChI=1S/C12H17N5/c1-7-5-13-10(4)12(15-7)14-6-11-8(2)16-17-9(11)3/h5H,6H2,1-4H3,(H,14,15)(H,16,17). The van der Waals surface area contributed by atoms with E-state index in [1.165, 1.54) is 5.56 Å². The molecule has 0 aliphatic carbocycles. The molecule has 5 nitrogen and oxygen atoms in total. The van der Waals surface area contributed by atoms with Gasteiger partial charge in [-0.05, 0) is 27.7 Å². The predicted octanol–water partition coefficient (Wildman–Crippen LogP) is 2.05. The average molecular weight is 231 g/mol. The van der Waals surface area contributed by atoms with Crippen molar-refractivity contribution in [2.75, 3.05) is 5.32 Å². The fourth-order valence-electron chi connectivity index (χ4n) is 1.71. The van der Waals surface area contributed by atoms with Crippen LogP contribution < -0.4 is 5.32 Å². The lowest BCUT2D eigenvalue weighted by Gasteiger charge is -2.08. The largest absolute Gasteiger partial charge is 0.364 e. The lowest BCUT2D eigenvalue weighted by atomic mass is 10.2. The first-order chi connectivity index (χ1) is 8.08. The van der Waals surface area contributed by atoms with Crippen LogP contribution in [0.25, 0.3) is 0 Å². The summed E-state index contributed by atoms with van der Waals surface area (Å²) >= 11 is 0. The van der Waals surface area contributed by atoms with Gasteiger partial charge in [-0.3, -0.25) is 10.1 Å². The Kier molecular flexibility index (Phi) is 3.08. The molecule has 0 bridgehead atoms. The molecule has 0 saturated carbocycles. The molecule has 2 heterocycles. The summed E-state index contributed by atoms with van der Waals surface area (Å²) in [6.07, 6.45) is 1.77. The fraction of sp³-hybridized carbons (Fsp3) is 0.417. The van der Waals surface area contributed by atoms with Crippen molar-refractivity contribution in [2.45, 2.75) is 34.2 Å². The number of nitrogens with one attached hydrogen (secondary N) is 2. The molecule has 2 N–H and O–H groups in total. The van der Waals surface area contributed by atoms with Crippen LogP contribution in [0.4, 0.5) is 5.82 Å². The third kappa shape index (κ3) is 2.43. The number of hydrogen-bond donors (Lipinski definition) is 2. The molecule has 90 valence electrons. The quantitative estimate of drug-likeness (QED) is 0.848. The maximum atomic E-state index is 4.43. The number of aromatic amines is 1. The van der Waals surface area contributed by atoms with E-state index >= 15 is 0 Å². The summed E-state index contributed by atoms with van der Waals surface area (Å²) in [5.41, 5.74) is 5.13. The molecule has 0 aliphatic heterocycles. The molecule has 2 aromatic rings. The van der Waals surface area contributed by atoms with Crippen molar-refractivity contribution in [3.05, 3.63) is 34.5 Å². The zero-order valence-corrected chi connectivity index (χ0v) is 10.6. The highest BCUT2D eigenvalue weighted by atomic mass is 15.1. The van der Waals surface area contributed by atoms with Crippen molar-refractivity contribution in [3.63, 3.8) is 0 Å². The molecule has 0 atom stereocenters. The molecule has 0 spiro atoms. The molecule has 0 aliphatic rings. The number of aryl methyl sites for hydroxylation is 4. The number of nitrogens with zero attached hydrogens (tertiary/aromatic N) is 3. The third-order valence-electron chi connectivity index (χ3n) is 2.79. The zero-order chi connectivity index (χ0) is 12.4. The van der Waals surface area contributed by atoms with Gasteiger partial charge in [0.1, 0.15) is 5.82 Å². The Labute approximate surface area is 101 Å². The van der Waals surface area contributed by atoms with E-state index in [4.69, 9.17) is 0 Å². The third-order valence-corrected chi connectivity index (χ3v) is 2.79. The summed E-state index contributed by atoms with van der Waals surface area (Å²) in [5.74, 6) is 0.838. The van der Waals surface area contributed by atoms with Gasteiger partial charge in [-0.25, -0.2) is 4.98 Å². The Bertz CT molecular complexity index is 510. The minimum Gasteiger partial charge on any atom is -0.364 e.